The zero-order chi connectivity index (χ0) is 15.4. The second-order valence-corrected chi connectivity index (χ2v) is 5.67. The van der Waals surface area contributed by atoms with Crippen molar-refractivity contribution in [2.24, 2.45) is 5.92 Å². The Morgan fingerprint density at radius 3 is 2.59 bits per heavy atom. The molecule has 3 nitrogen and oxygen atoms in total. The van der Waals surface area contributed by atoms with Crippen LogP contribution < -0.4 is 4.74 Å². The van der Waals surface area contributed by atoms with Crippen molar-refractivity contribution < 1.29 is 9.53 Å². The summed E-state index contributed by atoms with van der Waals surface area (Å²) in [5, 5.41) is 0. The van der Waals surface area contributed by atoms with Crippen LogP contribution in [0.5, 0.6) is 11.5 Å². The zero-order valence-electron chi connectivity index (χ0n) is 12.9. The number of ether oxygens (including phenoxy) is 1. The molecule has 3 heteroatoms. The van der Waals surface area contributed by atoms with Crippen molar-refractivity contribution >= 4 is 5.91 Å². The first kappa shape index (κ1) is 14.6. The van der Waals surface area contributed by atoms with Gasteiger partial charge < -0.3 is 9.64 Å². The topological polar surface area (TPSA) is 29.5 Å². The Kier molecular flexibility index (Phi) is 4.42. The standard InChI is InChI=1S/C19H21NO2/c1-2-20-12-11-16(19(20)21)13-15-7-6-10-18(14-15)22-17-8-4-3-5-9-17/h3-10,14,16H,2,11-13H2,1H3. The van der Waals surface area contributed by atoms with Crippen molar-refractivity contribution in [1.82, 2.24) is 4.90 Å². The molecule has 1 fully saturated rings. The molecule has 1 aliphatic heterocycles. The summed E-state index contributed by atoms with van der Waals surface area (Å²) >= 11 is 0. The van der Waals surface area contributed by atoms with Gasteiger partial charge in [-0.15, -0.1) is 0 Å². The molecule has 0 aromatic heterocycles. The second-order valence-electron chi connectivity index (χ2n) is 5.67. The number of amides is 1. The fourth-order valence-electron chi connectivity index (χ4n) is 2.95. The lowest BCUT2D eigenvalue weighted by Crippen LogP contribution is -2.27. The minimum Gasteiger partial charge on any atom is -0.457 e. The van der Waals surface area contributed by atoms with E-state index in [0.29, 0.717) is 0 Å². The largest absolute Gasteiger partial charge is 0.457 e. The van der Waals surface area contributed by atoms with E-state index in [9.17, 15) is 4.79 Å². The first-order valence-corrected chi connectivity index (χ1v) is 7.87. The molecule has 2 aromatic carbocycles. The van der Waals surface area contributed by atoms with Gasteiger partial charge in [-0.05, 0) is 49.6 Å². The maximum absolute atomic E-state index is 12.2. The Labute approximate surface area is 131 Å². The van der Waals surface area contributed by atoms with E-state index in [1.807, 2.05) is 60.4 Å². The Morgan fingerprint density at radius 2 is 1.86 bits per heavy atom. The fraction of sp³-hybridized carbons (Fsp3) is 0.316. The molecular formula is C19H21NO2. The van der Waals surface area contributed by atoms with Crippen LogP contribution in [0.2, 0.25) is 0 Å². The van der Waals surface area contributed by atoms with Crippen LogP contribution in [-0.2, 0) is 11.2 Å². The van der Waals surface area contributed by atoms with Crippen LogP contribution in [-0.4, -0.2) is 23.9 Å². The Bertz CT molecular complexity index is 639. The minimum atomic E-state index is 0.118. The van der Waals surface area contributed by atoms with Crippen LogP contribution in [0.3, 0.4) is 0 Å². The maximum Gasteiger partial charge on any atom is 0.226 e. The van der Waals surface area contributed by atoms with Gasteiger partial charge in [0.25, 0.3) is 0 Å². The van der Waals surface area contributed by atoms with Gasteiger partial charge in [-0.25, -0.2) is 0 Å². The lowest BCUT2D eigenvalue weighted by molar-refractivity contribution is -0.130. The van der Waals surface area contributed by atoms with Gasteiger partial charge in [-0.2, -0.15) is 0 Å². The third kappa shape index (κ3) is 3.30. The van der Waals surface area contributed by atoms with E-state index in [2.05, 4.69) is 6.07 Å². The number of hydrogen-bond acceptors (Lipinski definition) is 2. The summed E-state index contributed by atoms with van der Waals surface area (Å²) in [6, 6.07) is 17.8. The molecule has 1 unspecified atom stereocenters. The molecular weight excluding hydrogens is 274 g/mol. The van der Waals surface area contributed by atoms with Crippen LogP contribution in [0.15, 0.2) is 54.6 Å². The average molecular weight is 295 g/mol. The second kappa shape index (κ2) is 6.65. The highest BCUT2D eigenvalue weighted by atomic mass is 16.5. The van der Waals surface area contributed by atoms with Gasteiger partial charge in [0, 0.05) is 19.0 Å². The summed E-state index contributed by atoms with van der Waals surface area (Å²) in [6.07, 6.45) is 1.75. The van der Waals surface area contributed by atoms with Crippen molar-refractivity contribution in [3.63, 3.8) is 0 Å². The number of nitrogens with zero attached hydrogens (tertiary/aromatic N) is 1. The molecule has 0 aliphatic carbocycles. The Balaban J connectivity index is 1.68. The lowest BCUT2D eigenvalue weighted by Gasteiger charge is -2.14. The number of para-hydroxylation sites is 1. The van der Waals surface area contributed by atoms with E-state index in [0.717, 1.165) is 43.0 Å². The number of hydrogen-bond donors (Lipinski definition) is 0. The normalized spacial score (nSPS) is 17.8. The molecule has 0 bridgehead atoms. The van der Waals surface area contributed by atoms with Crippen molar-refractivity contribution in [3.8, 4) is 11.5 Å². The van der Waals surface area contributed by atoms with Gasteiger partial charge in [0.1, 0.15) is 11.5 Å². The van der Waals surface area contributed by atoms with E-state index in [1.165, 1.54) is 0 Å². The third-order valence-electron chi connectivity index (χ3n) is 4.15. The van der Waals surface area contributed by atoms with Gasteiger partial charge in [-0.3, -0.25) is 4.79 Å². The summed E-state index contributed by atoms with van der Waals surface area (Å²) in [6.45, 7) is 3.74. The summed E-state index contributed by atoms with van der Waals surface area (Å²) in [7, 11) is 0. The molecule has 0 N–H and O–H groups in total. The van der Waals surface area contributed by atoms with Crippen molar-refractivity contribution in [1.29, 1.82) is 0 Å². The zero-order valence-corrected chi connectivity index (χ0v) is 12.9. The van der Waals surface area contributed by atoms with Gasteiger partial charge in [0.15, 0.2) is 0 Å². The molecule has 22 heavy (non-hydrogen) atoms. The number of carbonyl (C=O) groups is 1. The Morgan fingerprint density at radius 1 is 1.09 bits per heavy atom. The molecule has 2 aromatic rings. The highest BCUT2D eigenvalue weighted by Gasteiger charge is 2.30. The molecule has 0 radical (unpaired) electrons. The Hall–Kier alpha value is -2.29. The third-order valence-corrected chi connectivity index (χ3v) is 4.15. The predicted octanol–water partition coefficient (Wildman–Crippen LogP) is 3.89. The van der Waals surface area contributed by atoms with Crippen molar-refractivity contribution in [2.45, 2.75) is 19.8 Å². The highest BCUT2D eigenvalue weighted by molar-refractivity contribution is 5.81. The SMILES string of the molecule is CCN1CCC(Cc2cccc(Oc3ccccc3)c2)C1=O. The van der Waals surface area contributed by atoms with Crippen LogP contribution in [0.1, 0.15) is 18.9 Å². The summed E-state index contributed by atoms with van der Waals surface area (Å²) < 4.78 is 5.86. The van der Waals surface area contributed by atoms with Gasteiger partial charge in [0.05, 0.1) is 0 Å². The van der Waals surface area contributed by atoms with E-state index in [1.54, 1.807) is 0 Å². The van der Waals surface area contributed by atoms with E-state index >= 15 is 0 Å². The fourth-order valence-corrected chi connectivity index (χ4v) is 2.95. The number of carbonyl (C=O) groups excluding carboxylic acids is 1. The molecule has 3 rings (SSSR count). The van der Waals surface area contributed by atoms with Crippen LogP contribution in [0.4, 0.5) is 0 Å². The van der Waals surface area contributed by atoms with Crippen LogP contribution in [0.25, 0.3) is 0 Å². The minimum absolute atomic E-state index is 0.118. The molecule has 114 valence electrons. The number of rotatable bonds is 5. The van der Waals surface area contributed by atoms with E-state index in [4.69, 9.17) is 4.74 Å². The molecule has 1 atom stereocenters. The summed E-state index contributed by atoms with van der Waals surface area (Å²) in [4.78, 5) is 14.2. The maximum atomic E-state index is 12.2. The number of likely N-dealkylation sites (tertiary alicyclic amines) is 1. The van der Waals surface area contributed by atoms with Gasteiger partial charge in [0.2, 0.25) is 5.91 Å². The molecule has 1 aliphatic rings. The van der Waals surface area contributed by atoms with Crippen molar-refractivity contribution in [3.05, 3.63) is 60.2 Å². The summed E-state index contributed by atoms with van der Waals surface area (Å²) in [5.41, 5.74) is 1.16. The summed E-state index contributed by atoms with van der Waals surface area (Å²) in [5.74, 6) is 2.05. The first-order chi connectivity index (χ1) is 10.8. The molecule has 1 heterocycles. The van der Waals surface area contributed by atoms with Gasteiger partial charge in [-0.1, -0.05) is 30.3 Å². The van der Waals surface area contributed by atoms with Gasteiger partial charge >= 0.3 is 0 Å². The highest BCUT2D eigenvalue weighted by Crippen LogP contribution is 2.26. The van der Waals surface area contributed by atoms with Crippen molar-refractivity contribution in [2.75, 3.05) is 13.1 Å². The predicted molar refractivity (Wildman–Crippen MR) is 87.0 cm³/mol. The van der Waals surface area contributed by atoms with E-state index < -0.39 is 0 Å². The van der Waals surface area contributed by atoms with Crippen LogP contribution >= 0.6 is 0 Å². The first-order valence-electron chi connectivity index (χ1n) is 7.87. The van der Waals surface area contributed by atoms with Crippen LogP contribution in [0, 0.1) is 5.92 Å². The lowest BCUT2D eigenvalue weighted by atomic mass is 9.98. The molecule has 1 amide bonds. The molecule has 0 spiro atoms. The smallest absolute Gasteiger partial charge is 0.226 e. The molecule has 1 saturated heterocycles. The average Bonchev–Trinajstić information content (AvgIpc) is 2.89. The monoisotopic (exact) mass is 295 g/mol. The molecule has 0 saturated carbocycles. The number of benzene rings is 2. The van der Waals surface area contributed by atoms with E-state index in [-0.39, 0.29) is 11.8 Å². The quantitative estimate of drug-likeness (QED) is 0.837.